The van der Waals surface area contributed by atoms with Crippen molar-refractivity contribution in [2.24, 2.45) is 0 Å². The molecule has 0 saturated carbocycles. The van der Waals surface area contributed by atoms with E-state index in [0.717, 1.165) is 30.8 Å². The lowest BCUT2D eigenvalue weighted by Crippen LogP contribution is -2.38. The molecule has 0 aliphatic carbocycles. The van der Waals surface area contributed by atoms with Gasteiger partial charge in [0.2, 0.25) is 5.91 Å². The molecule has 0 unspecified atom stereocenters. The van der Waals surface area contributed by atoms with E-state index in [2.05, 4.69) is 31.0 Å². The first kappa shape index (κ1) is 40.9. The normalized spacial score (nSPS) is 11.5. The summed E-state index contributed by atoms with van der Waals surface area (Å²) in [7, 11) is 1.66. The van der Waals surface area contributed by atoms with Crippen molar-refractivity contribution in [3.8, 4) is 23.3 Å². The highest BCUT2D eigenvalue weighted by Crippen LogP contribution is 2.18. The summed E-state index contributed by atoms with van der Waals surface area (Å²) in [6.45, 7) is 4.98. The van der Waals surface area contributed by atoms with E-state index in [1.54, 1.807) is 7.11 Å². The molecule has 1 aromatic rings. The second-order valence-corrected chi connectivity index (χ2v) is 13.1. The zero-order valence-electron chi connectivity index (χ0n) is 29.9. The molecule has 1 aromatic carbocycles. The maximum absolute atomic E-state index is 12.8. The van der Waals surface area contributed by atoms with Crippen molar-refractivity contribution in [2.45, 2.75) is 193 Å². The Morgan fingerprint density at radius 3 is 1.49 bits per heavy atom. The zero-order chi connectivity index (χ0) is 32.5. The Labute approximate surface area is 279 Å². The van der Waals surface area contributed by atoms with E-state index in [0.29, 0.717) is 19.4 Å². The van der Waals surface area contributed by atoms with E-state index in [-0.39, 0.29) is 11.9 Å². The molecule has 1 rings (SSSR count). The fraction of sp³-hybridized carbons (Fsp3) is 0.780. The Morgan fingerprint density at radius 1 is 0.600 bits per heavy atom. The molecular formula is C41H71NO3. The minimum atomic E-state index is -0.105. The van der Waals surface area contributed by atoms with Crippen molar-refractivity contribution in [3.63, 3.8) is 0 Å². The van der Waals surface area contributed by atoms with Crippen LogP contribution in [0.5, 0.6) is 11.5 Å². The molecular weight excluding hydrogens is 554 g/mol. The van der Waals surface area contributed by atoms with Crippen molar-refractivity contribution in [1.82, 2.24) is 5.32 Å². The van der Waals surface area contributed by atoms with Gasteiger partial charge in [0.15, 0.2) is 0 Å². The number of hydrogen-bond donors (Lipinski definition) is 1. The SMILES string of the molecule is CCCCCCCCCCCCCC#CC[C@H](COc1ccc(OC)cc1)NC(=O)CCCCCCCCCCCCCCC. The summed E-state index contributed by atoms with van der Waals surface area (Å²) < 4.78 is 11.3. The van der Waals surface area contributed by atoms with Crippen LogP contribution in [-0.2, 0) is 4.79 Å². The Balaban J connectivity index is 2.25. The Morgan fingerprint density at radius 2 is 1.02 bits per heavy atom. The number of unbranched alkanes of at least 4 members (excludes halogenated alkanes) is 23. The topological polar surface area (TPSA) is 47.6 Å². The lowest BCUT2D eigenvalue weighted by Gasteiger charge is -2.17. The van der Waals surface area contributed by atoms with Gasteiger partial charge in [0.1, 0.15) is 18.1 Å². The van der Waals surface area contributed by atoms with Gasteiger partial charge in [-0.05, 0) is 37.1 Å². The number of ether oxygens (including phenoxy) is 2. The third-order valence-corrected chi connectivity index (χ3v) is 8.76. The largest absolute Gasteiger partial charge is 0.497 e. The molecule has 1 amide bonds. The molecule has 0 radical (unpaired) electrons. The van der Waals surface area contributed by atoms with Crippen LogP contribution in [0.1, 0.15) is 187 Å². The van der Waals surface area contributed by atoms with E-state index in [9.17, 15) is 4.79 Å². The third kappa shape index (κ3) is 26.7. The van der Waals surface area contributed by atoms with Gasteiger partial charge < -0.3 is 14.8 Å². The van der Waals surface area contributed by atoms with E-state index in [4.69, 9.17) is 9.47 Å². The molecule has 0 aromatic heterocycles. The quantitative estimate of drug-likeness (QED) is 0.0659. The molecule has 1 N–H and O–H groups in total. The van der Waals surface area contributed by atoms with E-state index in [1.807, 2.05) is 24.3 Å². The smallest absolute Gasteiger partial charge is 0.220 e. The molecule has 0 bridgehead atoms. The molecule has 4 nitrogen and oxygen atoms in total. The Hall–Kier alpha value is -2.15. The van der Waals surface area contributed by atoms with Gasteiger partial charge in [-0.3, -0.25) is 4.79 Å². The maximum Gasteiger partial charge on any atom is 0.220 e. The van der Waals surface area contributed by atoms with Crippen LogP contribution < -0.4 is 14.8 Å². The summed E-state index contributed by atoms with van der Waals surface area (Å²) in [5, 5.41) is 3.21. The molecule has 45 heavy (non-hydrogen) atoms. The number of carbonyl (C=O) groups excluding carboxylic acids is 1. The average Bonchev–Trinajstić information content (AvgIpc) is 3.06. The monoisotopic (exact) mass is 626 g/mol. The van der Waals surface area contributed by atoms with Crippen LogP contribution in [0.25, 0.3) is 0 Å². The second-order valence-electron chi connectivity index (χ2n) is 13.1. The number of rotatable bonds is 31. The first-order valence-electron chi connectivity index (χ1n) is 19.2. The van der Waals surface area contributed by atoms with Gasteiger partial charge in [-0.2, -0.15) is 0 Å². The fourth-order valence-corrected chi connectivity index (χ4v) is 5.78. The van der Waals surface area contributed by atoms with Gasteiger partial charge in [-0.25, -0.2) is 0 Å². The van der Waals surface area contributed by atoms with Crippen LogP contribution in [-0.4, -0.2) is 25.7 Å². The Kier molecular flexibility index (Phi) is 28.9. The predicted octanol–water partition coefficient (Wildman–Crippen LogP) is 12.1. The highest BCUT2D eigenvalue weighted by molar-refractivity contribution is 5.76. The summed E-state index contributed by atoms with van der Waals surface area (Å²) >= 11 is 0. The van der Waals surface area contributed by atoms with Crippen LogP contribution in [0.3, 0.4) is 0 Å². The summed E-state index contributed by atoms with van der Waals surface area (Å²) in [6, 6.07) is 7.49. The van der Waals surface area contributed by atoms with Gasteiger partial charge in [0, 0.05) is 19.3 Å². The zero-order valence-corrected chi connectivity index (χ0v) is 29.9. The third-order valence-electron chi connectivity index (χ3n) is 8.76. The highest BCUT2D eigenvalue weighted by Gasteiger charge is 2.12. The molecule has 4 heteroatoms. The van der Waals surface area contributed by atoms with Crippen LogP contribution in [0.2, 0.25) is 0 Å². The first-order valence-corrected chi connectivity index (χ1v) is 19.2. The number of amides is 1. The molecule has 0 fully saturated rings. The number of hydrogen-bond acceptors (Lipinski definition) is 3. The van der Waals surface area contributed by atoms with Crippen molar-refractivity contribution in [3.05, 3.63) is 24.3 Å². The molecule has 0 spiro atoms. The van der Waals surface area contributed by atoms with Gasteiger partial charge in [0.05, 0.1) is 13.2 Å². The fourth-order valence-electron chi connectivity index (χ4n) is 5.78. The molecule has 0 aliphatic rings. The van der Waals surface area contributed by atoms with Crippen LogP contribution in [0.15, 0.2) is 24.3 Å². The minimum Gasteiger partial charge on any atom is -0.497 e. The van der Waals surface area contributed by atoms with Crippen molar-refractivity contribution < 1.29 is 14.3 Å². The lowest BCUT2D eigenvalue weighted by molar-refractivity contribution is -0.122. The predicted molar refractivity (Wildman–Crippen MR) is 194 cm³/mol. The standard InChI is InChI=1S/C41H71NO3/c1-4-6-8-10-12-14-16-18-20-21-23-25-27-29-31-38(37-45-40-35-33-39(44-3)34-36-40)42-41(43)32-30-28-26-24-22-19-17-15-13-11-9-7-5-2/h33-36,38H,4-26,28,30-32,37H2,1-3H3,(H,42,43)/t38-/m1/s1. The molecule has 0 aliphatic heterocycles. The van der Waals surface area contributed by atoms with E-state index in [1.165, 1.54) is 141 Å². The second kappa shape index (κ2) is 31.8. The van der Waals surface area contributed by atoms with Crippen molar-refractivity contribution >= 4 is 5.91 Å². The van der Waals surface area contributed by atoms with Crippen molar-refractivity contribution in [2.75, 3.05) is 13.7 Å². The van der Waals surface area contributed by atoms with Crippen LogP contribution in [0.4, 0.5) is 0 Å². The highest BCUT2D eigenvalue weighted by atomic mass is 16.5. The van der Waals surface area contributed by atoms with Gasteiger partial charge in [0.25, 0.3) is 0 Å². The number of benzene rings is 1. The number of methoxy groups -OCH3 is 1. The molecule has 258 valence electrons. The molecule has 0 heterocycles. The summed E-state index contributed by atoms with van der Waals surface area (Å²) in [5.41, 5.74) is 0. The lowest BCUT2D eigenvalue weighted by atomic mass is 10.0. The van der Waals surface area contributed by atoms with Crippen molar-refractivity contribution in [1.29, 1.82) is 0 Å². The van der Waals surface area contributed by atoms with Gasteiger partial charge >= 0.3 is 0 Å². The van der Waals surface area contributed by atoms with Crippen LogP contribution >= 0.6 is 0 Å². The minimum absolute atomic E-state index is 0.105. The Bertz CT molecular complexity index is 841. The average molecular weight is 626 g/mol. The van der Waals surface area contributed by atoms with Gasteiger partial charge in [-0.15, -0.1) is 11.8 Å². The van der Waals surface area contributed by atoms with E-state index >= 15 is 0 Å². The maximum atomic E-state index is 12.8. The molecule has 0 saturated heterocycles. The van der Waals surface area contributed by atoms with Crippen LogP contribution in [0, 0.1) is 11.8 Å². The summed E-state index contributed by atoms with van der Waals surface area (Å²) in [5.74, 6) is 8.39. The summed E-state index contributed by atoms with van der Waals surface area (Å²) in [6.07, 6.45) is 34.1. The number of nitrogens with one attached hydrogen (secondary N) is 1. The van der Waals surface area contributed by atoms with Gasteiger partial charge in [-0.1, -0.05) is 155 Å². The van der Waals surface area contributed by atoms with E-state index < -0.39 is 0 Å². The molecule has 1 atom stereocenters. The summed E-state index contributed by atoms with van der Waals surface area (Å²) in [4.78, 5) is 12.8. The number of carbonyl (C=O) groups is 1. The first-order chi connectivity index (χ1) is 22.2.